The molecule has 0 aliphatic carbocycles. The Morgan fingerprint density at radius 1 is 1.18 bits per heavy atom. The molecule has 144 valence electrons. The minimum absolute atomic E-state index is 0.0272. The fraction of sp³-hybridized carbons (Fsp3) is 0.286. The highest BCUT2D eigenvalue weighted by molar-refractivity contribution is 5.78. The number of carbonyl (C=O) groups is 1. The molecule has 0 radical (unpaired) electrons. The van der Waals surface area contributed by atoms with E-state index in [1.54, 1.807) is 35.6 Å². The van der Waals surface area contributed by atoms with Crippen molar-refractivity contribution in [1.82, 2.24) is 14.9 Å². The molecule has 2 aromatic heterocycles. The van der Waals surface area contributed by atoms with E-state index in [4.69, 9.17) is 9.15 Å². The van der Waals surface area contributed by atoms with E-state index in [1.807, 2.05) is 12.1 Å². The third-order valence-electron chi connectivity index (χ3n) is 4.64. The summed E-state index contributed by atoms with van der Waals surface area (Å²) in [6.07, 6.45) is 5.47. The van der Waals surface area contributed by atoms with Gasteiger partial charge in [-0.1, -0.05) is 18.2 Å². The molecule has 1 aliphatic rings. The predicted molar refractivity (Wildman–Crippen MR) is 98.9 cm³/mol. The third kappa shape index (κ3) is 4.43. The highest BCUT2D eigenvalue weighted by atomic mass is 19.1. The number of morpholine rings is 1. The lowest BCUT2D eigenvalue weighted by Crippen LogP contribution is -2.43. The quantitative estimate of drug-likeness (QED) is 0.680. The number of hydrogen-bond donors (Lipinski definition) is 0. The number of halogens is 1. The minimum atomic E-state index is -0.395. The number of nitrogens with zero attached hydrogens (tertiary/aromatic N) is 3. The number of amides is 1. The standard InChI is InChI=1S/C21H20FN3O3/c22-17-5-3-15(4-6-17)10-18-13-24-21(28-18)19-14-25(8-9-27-19)20(26)11-16-2-1-7-23-12-16/h1-7,12-13,19H,8-11,14H2/t19-/m1/s1. The number of pyridine rings is 1. The Kier molecular flexibility index (Phi) is 5.43. The Bertz CT molecular complexity index is 928. The lowest BCUT2D eigenvalue weighted by Gasteiger charge is -2.31. The Labute approximate surface area is 162 Å². The van der Waals surface area contributed by atoms with Gasteiger partial charge in [0.1, 0.15) is 11.6 Å². The van der Waals surface area contributed by atoms with E-state index < -0.39 is 6.10 Å². The summed E-state index contributed by atoms with van der Waals surface area (Å²) in [5.74, 6) is 0.882. The molecule has 3 heterocycles. The van der Waals surface area contributed by atoms with E-state index >= 15 is 0 Å². The maximum Gasteiger partial charge on any atom is 0.227 e. The van der Waals surface area contributed by atoms with Crippen molar-refractivity contribution in [3.05, 3.63) is 83.6 Å². The maximum absolute atomic E-state index is 13.0. The van der Waals surface area contributed by atoms with E-state index in [-0.39, 0.29) is 11.7 Å². The van der Waals surface area contributed by atoms with Crippen LogP contribution in [-0.2, 0) is 22.4 Å². The molecule has 1 amide bonds. The highest BCUT2D eigenvalue weighted by Gasteiger charge is 2.28. The molecule has 3 aromatic rings. The molecule has 0 N–H and O–H groups in total. The molecule has 1 aromatic carbocycles. The van der Waals surface area contributed by atoms with Gasteiger partial charge in [0.15, 0.2) is 6.10 Å². The van der Waals surface area contributed by atoms with E-state index in [9.17, 15) is 9.18 Å². The zero-order chi connectivity index (χ0) is 19.3. The number of hydrogen-bond acceptors (Lipinski definition) is 5. The minimum Gasteiger partial charge on any atom is -0.442 e. The first kappa shape index (κ1) is 18.3. The van der Waals surface area contributed by atoms with Gasteiger partial charge < -0.3 is 14.1 Å². The van der Waals surface area contributed by atoms with Crippen LogP contribution in [0.2, 0.25) is 0 Å². The normalized spacial score (nSPS) is 16.9. The molecule has 1 aliphatic heterocycles. The summed E-state index contributed by atoms with van der Waals surface area (Å²) in [4.78, 5) is 22.7. The van der Waals surface area contributed by atoms with Crippen molar-refractivity contribution in [2.75, 3.05) is 19.7 Å². The van der Waals surface area contributed by atoms with Crippen molar-refractivity contribution in [2.45, 2.75) is 18.9 Å². The molecule has 0 unspecified atom stereocenters. The van der Waals surface area contributed by atoms with Crippen molar-refractivity contribution in [1.29, 1.82) is 0 Å². The number of benzene rings is 1. The number of carbonyl (C=O) groups excluding carboxylic acids is 1. The first-order chi connectivity index (χ1) is 13.7. The zero-order valence-electron chi connectivity index (χ0n) is 15.3. The lowest BCUT2D eigenvalue weighted by atomic mass is 10.1. The van der Waals surface area contributed by atoms with Crippen molar-refractivity contribution >= 4 is 5.91 Å². The number of aromatic nitrogens is 2. The van der Waals surface area contributed by atoms with Crippen LogP contribution in [-0.4, -0.2) is 40.5 Å². The van der Waals surface area contributed by atoms with Crippen LogP contribution in [0.5, 0.6) is 0 Å². The largest absolute Gasteiger partial charge is 0.442 e. The Morgan fingerprint density at radius 3 is 2.82 bits per heavy atom. The second kappa shape index (κ2) is 8.31. The molecule has 0 saturated carbocycles. The molecule has 1 saturated heterocycles. The number of ether oxygens (including phenoxy) is 1. The molecular weight excluding hydrogens is 361 g/mol. The van der Waals surface area contributed by atoms with E-state index in [2.05, 4.69) is 9.97 Å². The van der Waals surface area contributed by atoms with Gasteiger partial charge in [-0.15, -0.1) is 0 Å². The van der Waals surface area contributed by atoms with Crippen LogP contribution in [0.25, 0.3) is 0 Å². The van der Waals surface area contributed by atoms with Crippen LogP contribution in [0, 0.1) is 5.82 Å². The van der Waals surface area contributed by atoms with Gasteiger partial charge in [0.25, 0.3) is 0 Å². The molecule has 6 nitrogen and oxygen atoms in total. The molecule has 28 heavy (non-hydrogen) atoms. The fourth-order valence-corrected chi connectivity index (χ4v) is 3.17. The van der Waals surface area contributed by atoms with Gasteiger partial charge in [-0.2, -0.15) is 0 Å². The number of rotatable bonds is 5. The van der Waals surface area contributed by atoms with Crippen LogP contribution in [0.4, 0.5) is 4.39 Å². The van der Waals surface area contributed by atoms with Gasteiger partial charge in [0, 0.05) is 25.4 Å². The van der Waals surface area contributed by atoms with E-state index in [0.717, 1.165) is 11.1 Å². The topological polar surface area (TPSA) is 68.5 Å². The second-order valence-electron chi connectivity index (χ2n) is 6.71. The molecule has 4 rings (SSSR count). The summed E-state index contributed by atoms with van der Waals surface area (Å²) in [6.45, 7) is 1.37. The predicted octanol–water partition coefficient (Wildman–Crippen LogP) is 2.94. The van der Waals surface area contributed by atoms with Gasteiger partial charge in [0.2, 0.25) is 11.8 Å². The second-order valence-corrected chi connectivity index (χ2v) is 6.71. The van der Waals surface area contributed by atoms with Crippen molar-refractivity contribution < 1.29 is 18.3 Å². The van der Waals surface area contributed by atoms with Crippen molar-refractivity contribution in [2.24, 2.45) is 0 Å². The van der Waals surface area contributed by atoms with Gasteiger partial charge in [-0.25, -0.2) is 9.37 Å². The average Bonchev–Trinajstić information content (AvgIpc) is 3.19. The van der Waals surface area contributed by atoms with Crippen LogP contribution in [0.15, 0.2) is 59.4 Å². The van der Waals surface area contributed by atoms with Crippen LogP contribution < -0.4 is 0 Å². The van der Waals surface area contributed by atoms with Crippen LogP contribution >= 0.6 is 0 Å². The first-order valence-corrected chi connectivity index (χ1v) is 9.15. The molecule has 0 bridgehead atoms. The number of oxazole rings is 1. The summed E-state index contributed by atoms with van der Waals surface area (Å²) >= 11 is 0. The van der Waals surface area contributed by atoms with Crippen LogP contribution in [0.3, 0.4) is 0 Å². The fourth-order valence-electron chi connectivity index (χ4n) is 3.17. The van der Waals surface area contributed by atoms with Crippen LogP contribution in [0.1, 0.15) is 28.9 Å². The third-order valence-corrected chi connectivity index (χ3v) is 4.64. The van der Waals surface area contributed by atoms with E-state index in [0.29, 0.717) is 44.2 Å². The van der Waals surface area contributed by atoms with Gasteiger partial charge in [-0.05, 0) is 29.3 Å². The molecular formula is C21H20FN3O3. The van der Waals surface area contributed by atoms with Gasteiger partial charge in [-0.3, -0.25) is 9.78 Å². The lowest BCUT2D eigenvalue weighted by molar-refractivity contribution is -0.139. The highest BCUT2D eigenvalue weighted by Crippen LogP contribution is 2.23. The summed E-state index contributed by atoms with van der Waals surface area (Å²) < 4.78 is 24.6. The molecule has 1 atom stereocenters. The Balaban J connectivity index is 1.38. The maximum atomic E-state index is 13.0. The summed E-state index contributed by atoms with van der Waals surface area (Å²) in [5.41, 5.74) is 1.81. The van der Waals surface area contributed by atoms with Crippen molar-refractivity contribution in [3.63, 3.8) is 0 Å². The van der Waals surface area contributed by atoms with E-state index in [1.165, 1.54) is 12.1 Å². The molecule has 0 spiro atoms. The first-order valence-electron chi connectivity index (χ1n) is 9.15. The van der Waals surface area contributed by atoms with Crippen molar-refractivity contribution in [3.8, 4) is 0 Å². The summed E-state index contributed by atoms with van der Waals surface area (Å²) in [6, 6.07) is 9.98. The SMILES string of the molecule is O=C(Cc1cccnc1)N1CCO[C@@H](c2ncc(Cc3ccc(F)cc3)o2)C1. The summed E-state index contributed by atoms with van der Waals surface area (Å²) in [7, 11) is 0. The summed E-state index contributed by atoms with van der Waals surface area (Å²) in [5, 5.41) is 0. The molecule has 7 heteroatoms. The monoisotopic (exact) mass is 381 g/mol. The Morgan fingerprint density at radius 2 is 2.04 bits per heavy atom. The molecule has 1 fully saturated rings. The average molecular weight is 381 g/mol. The zero-order valence-corrected chi connectivity index (χ0v) is 15.3. The van der Waals surface area contributed by atoms with Gasteiger partial charge in [0.05, 0.1) is 25.8 Å². The smallest absolute Gasteiger partial charge is 0.227 e. The Hall–Kier alpha value is -3.06. The van der Waals surface area contributed by atoms with Gasteiger partial charge >= 0.3 is 0 Å².